The molecular weight excluding hydrogens is 306 g/mol. The van der Waals surface area contributed by atoms with Gasteiger partial charge in [0.25, 0.3) is 0 Å². The first-order chi connectivity index (χ1) is 10.1. The molecule has 1 aromatic carbocycles. The fourth-order valence-electron chi connectivity index (χ4n) is 2.18. The molecule has 1 N–H and O–H groups in total. The van der Waals surface area contributed by atoms with E-state index < -0.39 is 0 Å². The summed E-state index contributed by atoms with van der Waals surface area (Å²) in [5, 5.41) is 4.99. The highest BCUT2D eigenvalue weighted by atomic mass is 35.5. The molecule has 0 atom stereocenters. The van der Waals surface area contributed by atoms with Gasteiger partial charge in [-0.15, -0.1) is 11.3 Å². The molecule has 0 saturated heterocycles. The van der Waals surface area contributed by atoms with Gasteiger partial charge in [0.2, 0.25) is 0 Å². The van der Waals surface area contributed by atoms with E-state index >= 15 is 0 Å². The first-order valence-electron chi connectivity index (χ1n) is 6.41. The van der Waals surface area contributed by atoms with E-state index in [0.29, 0.717) is 5.02 Å². The molecule has 2 aromatic heterocycles. The SMILES string of the molecule is COc1ccc(Cl)cc1Nc1ncnc2sc(C)c(C)c12. The van der Waals surface area contributed by atoms with Gasteiger partial charge in [-0.3, -0.25) is 0 Å². The van der Waals surface area contributed by atoms with Crippen LogP contribution < -0.4 is 10.1 Å². The maximum absolute atomic E-state index is 6.07. The van der Waals surface area contributed by atoms with Crippen LogP contribution in [0.3, 0.4) is 0 Å². The molecule has 0 radical (unpaired) electrons. The van der Waals surface area contributed by atoms with Crippen LogP contribution in [0.15, 0.2) is 24.5 Å². The zero-order chi connectivity index (χ0) is 15.0. The van der Waals surface area contributed by atoms with E-state index in [-0.39, 0.29) is 0 Å². The standard InChI is InChI=1S/C15H14ClN3OS/c1-8-9(2)21-15-13(8)14(17-7-18-15)19-11-6-10(16)4-5-12(11)20-3/h4-7H,1-3H3,(H,17,18,19). The molecule has 6 heteroatoms. The summed E-state index contributed by atoms with van der Waals surface area (Å²) in [4.78, 5) is 10.9. The second-order valence-electron chi connectivity index (χ2n) is 4.66. The van der Waals surface area contributed by atoms with Crippen molar-refractivity contribution >= 4 is 44.7 Å². The fourth-order valence-corrected chi connectivity index (χ4v) is 3.35. The molecular formula is C15H14ClN3OS. The molecule has 0 fully saturated rings. The molecule has 0 aliphatic carbocycles. The minimum atomic E-state index is 0.641. The lowest BCUT2D eigenvalue weighted by Crippen LogP contribution is -1.98. The van der Waals surface area contributed by atoms with Gasteiger partial charge in [-0.1, -0.05) is 11.6 Å². The van der Waals surface area contributed by atoms with Crippen LogP contribution in [0.1, 0.15) is 10.4 Å². The van der Waals surface area contributed by atoms with Crippen molar-refractivity contribution in [2.75, 3.05) is 12.4 Å². The van der Waals surface area contributed by atoms with Crippen LogP contribution in [0.5, 0.6) is 5.75 Å². The minimum Gasteiger partial charge on any atom is -0.495 e. The van der Waals surface area contributed by atoms with Crippen LogP contribution >= 0.6 is 22.9 Å². The number of rotatable bonds is 3. The predicted octanol–water partition coefficient (Wildman–Crippen LogP) is 4.71. The van der Waals surface area contributed by atoms with Gasteiger partial charge in [-0.2, -0.15) is 0 Å². The Morgan fingerprint density at radius 3 is 2.81 bits per heavy atom. The first-order valence-corrected chi connectivity index (χ1v) is 7.61. The number of hydrogen-bond acceptors (Lipinski definition) is 5. The molecule has 21 heavy (non-hydrogen) atoms. The Morgan fingerprint density at radius 1 is 1.24 bits per heavy atom. The summed E-state index contributed by atoms with van der Waals surface area (Å²) in [5.41, 5.74) is 1.98. The Bertz CT molecular complexity index is 816. The van der Waals surface area contributed by atoms with Gasteiger partial charge in [0.15, 0.2) is 0 Å². The summed E-state index contributed by atoms with van der Waals surface area (Å²) in [6, 6.07) is 5.44. The number of nitrogens with zero attached hydrogens (tertiary/aromatic N) is 2. The Balaban J connectivity index is 2.12. The van der Waals surface area contributed by atoms with Crippen molar-refractivity contribution in [1.29, 1.82) is 0 Å². The lowest BCUT2D eigenvalue weighted by molar-refractivity contribution is 0.417. The maximum Gasteiger partial charge on any atom is 0.142 e. The highest BCUT2D eigenvalue weighted by Crippen LogP contribution is 2.36. The van der Waals surface area contributed by atoms with Crippen molar-refractivity contribution in [3.8, 4) is 5.75 Å². The van der Waals surface area contributed by atoms with Crippen molar-refractivity contribution in [2.24, 2.45) is 0 Å². The van der Waals surface area contributed by atoms with Crippen LogP contribution in [-0.4, -0.2) is 17.1 Å². The van der Waals surface area contributed by atoms with E-state index in [2.05, 4.69) is 29.1 Å². The summed E-state index contributed by atoms with van der Waals surface area (Å²) < 4.78 is 5.36. The van der Waals surface area contributed by atoms with Crippen LogP contribution in [0.2, 0.25) is 5.02 Å². The number of aromatic nitrogens is 2. The first kappa shape index (κ1) is 14.1. The van der Waals surface area contributed by atoms with E-state index in [4.69, 9.17) is 16.3 Å². The van der Waals surface area contributed by atoms with Gasteiger partial charge in [-0.25, -0.2) is 9.97 Å². The number of nitrogens with one attached hydrogen (secondary N) is 1. The topological polar surface area (TPSA) is 47.0 Å². The molecule has 2 heterocycles. The highest BCUT2D eigenvalue weighted by Gasteiger charge is 2.13. The molecule has 108 valence electrons. The van der Waals surface area contributed by atoms with Crippen molar-refractivity contribution in [3.63, 3.8) is 0 Å². The van der Waals surface area contributed by atoms with Crippen molar-refractivity contribution < 1.29 is 4.74 Å². The van der Waals surface area contributed by atoms with Crippen molar-refractivity contribution in [3.05, 3.63) is 40.0 Å². The molecule has 3 rings (SSSR count). The third kappa shape index (κ3) is 2.54. The molecule has 0 unspecified atom stereocenters. The monoisotopic (exact) mass is 319 g/mol. The molecule has 4 nitrogen and oxygen atoms in total. The number of hydrogen-bond donors (Lipinski definition) is 1. The van der Waals surface area contributed by atoms with E-state index in [1.54, 1.807) is 30.8 Å². The number of fused-ring (bicyclic) bond motifs is 1. The van der Waals surface area contributed by atoms with Crippen LogP contribution in [0.4, 0.5) is 11.5 Å². The normalized spacial score (nSPS) is 10.9. The number of aryl methyl sites for hydroxylation is 2. The number of benzene rings is 1. The highest BCUT2D eigenvalue weighted by molar-refractivity contribution is 7.18. The third-order valence-corrected chi connectivity index (χ3v) is 4.73. The summed E-state index contributed by atoms with van der Waals surface area (Å²) in [6.45, 7) is 4.17. The lowest BCUT2D eigenvalue weighted by Gasteiger charge is -2.11. The predicted molar refractivity (Wildman–Crippen MR) is 88.2 cm³/mol. The lowest BCUT2D eigenvalue weighted by atomic mass is 10.2. The number of halogens is 1. The Hall–Kier alpha value is -1.85. The number of thiophene rings is 1. The van der Waals surface area contributed by atoms with Gasteiger partial charge >= 0.3 is 0 Å². The number of anilines is 2. The van der Waals surface area contributed by atoms with Crippen LogP contribution in [0.25, 0.3) is 10.2 Å². The zero-order valence-electron chi connectivity index (χ0n) is 11.9. The summed E-state index contributed by atoms with van der Waals surface area (Å²) in [7, 11) is 1.63. The maximum atomic E-state index is 6.07. The van der Waals surface area contributed by atoms with Gasteiger partial charge in [0.1, 0.15) is 22.7 Å². The molecule has 3 aromatic rings. The summed E-state index contributed by atoms with van der Waals surface area (Å²) >= 11 is 7.74. The van der Waals surface area contributed by atoms with E-state index in [1.807, 2.05) is 12.1 Å². The molecule has 0 aliphatic rings. The summed E-state index contributed by atoms with van der Waals surface area (Å²) in [6.07, 6.45) is 1.57. The average Bonchev–Trinajstić information content (AvgIpc) is 2.75. The third-order valence-electron chi connectivity index (χ3n) is 3.38. The van der Waals surface area contributed by atoms with E-state index in [1.165, 1.54) is 10.4 Å². The number of methoxy groups -OCH3 is 1. The smallest absolute Gasteiger partial charge is 0.142 e. The Labute approximate surface area is 131 Å². The Morgan fingerprint density at radius 2 is 2.05 bits per heavy atom. The zero-order valence-corrected chi connectivity index (χ0v) is 13.5. The average molecular weight is 320 g/mol. The quantitative estimate of drug-likeness (QED) is 0.759. The van der Waals surface area contributed by atoms with E-state index in [9.17, 15) is 0 Å². The second kappa shape index (κ2) is 5.50. The molecule has 0 spiro atoms. The molecule has 0 amide bonds. The Kier molecular flexibility index (Phi) is 3.69. The van der Waals surface area contributed by atoms with E-state index in [0.717, 1.165) is 27.5 Å². The van der Waals surface area contributed by atoms with Crippen molar-refractivity contribution in [1.82, 2.24) is 9.97 Å². The van der Waals surface area contributed by atoms with Crippen molar-refractivity contribution in [2.45, 2.75) is 13.8 Å². The molecule has 0 aliphatic heterocycles. The van der Waals surface area contributed by atoms with Gasteiger partial charge in [-0.05, 0) is 37.6 Å². The second-order valence-corrected chi connectivity index (χ2v) is 6.29. The summed E-state index contributed by atoms with van der Waals surface area (Å²) in [5.74, 6) is 1.48. The fraction of sp³-hybridized carbons (Fsp3) is 0.200. The largest absolute Gasteiger partial charge is 0.495 e. The molecule has 0 bridgehead atoms. The van der Waals surface area contributed by atoms with Gasteiger partial charge in [0.05, 0.1) is 18.2 Å². The van der Waals surface area contributed by atoms with Crippen LogP contribution in [0, 0.1) is 13.8 Å². The molecule has 0 saturated carbocycles. The van der Waals surface area contributed by atoms with Gasteiger partial charge < -0.3 is 10.1 Å². The van der Waals surface area contributed by atoms with Crippen LogP contribution in [-0.2, 0) is 0 Å². The van der Waals surface area contributed by atoms with Gasteiger partial charge in [0, 0.05) is 9.90 Å². The number of ether oxygens (including phenoxy) is 1. The minimum absolute atomic E-state index is 0.641.